The minimum atomic E-state index is -0.348. The van der Waals surface area contributed by atoms with Crippen molar-refractivity contribution in [1.29, 1.82) is 0 Å². The number of carbonyl (C=O) groups is 2. The Kier molecular flexibility index (Phi) is 5.11. The van der Waals surface area contributed by atoms with Crippen molar-refractivity contribution in [2.75, 3.05) is 6.54 Å². The molecule has 0 spiro atoms. The molecule has 5 nitrogen and oxygen atoms in total. The molecule has 1 fully saturated rings. The summed E-state index contributed by atoms with van der Waals surface area (Å²) in [5.74, 6) is 0.0269. The van der Waals surface area contributed by atoms with Crippen molar-refractivity contribution in [3.8, 4) is 0 Å². The Morgan fingerprint density at radius 1 is 1.50 bits per heavy atom. The molecule has 0 unspecified atom stereocenters. The number of nitrogens with one attached hydrogen (secondary N) is 1. The van der Waals surface area contributed by atoms with Crippen LogP contribution in [0.5, 0.6) is 0 Å². The number of carbonyl (C=O) groups excluding carboxylic acids is 2. The van der Waals surface area contributed by atoms with Crippen molar-refractivity contribution in [3.05, 3.63) is 16.6 Å². The van der Waals surface area contributed by atoms with E-state index < -0.39 is 0 Å². The number of nitrogens with zero attached hydrogens (tertiary/aromatic N) is 2. The molecular weight excluding hydrogens is 274 g/mol. The lowest BCUT2D eigenvalue weighted by atomic mass is 10.1. The van der Waals surface area contributed by atoms with E-state index in [1.165, 1.54) is 0 Å². The number of hydrogen-bond acceptors (Lipinski definition) is 4. The molecule has 2 heterocycles. The predicted molar refractivity (Wildman–Crippen MR) is 78.3 cm³/mol. The fourth-order valence-electron chi connectivity index (χ4n) is 2.56. The number of likely N-dealkylation sites (tertiary alicyclic amines) is 1. The molecule has 20 heavy (non-hydrogen) atoms. The van der Waals surface area contributed by atoms with E-state index in [-0.39, 0.29) is 23.9 Å². The third kappa shape index (κ3) is 3.17. The Morgan fingerprint density at radius 2 is 2.30 bits per heavy atom. The van der Waals surface area contributed by atoms with Gasteiger partial charge in [0.15, 0.2) is 0 Å². The normalized spacial score (nSPS) is 18.1. The van der Waals surface area contributed by atoms with E-state index in [0.29, 0.717) is 19.4 Å². The van der Waals surface area contributed by atoms with Gasteiger partial charge >= 0.3 is 0 Å². The summed E-state index contributed by atoms with van der Waals surface area (Å²) in [5, 5.41) is 5.86. The fourth-order valence-corrected chi connectivity index (χ4v) is 3.33. The molecule has 0 aliphatic carbocycles. The first-order valence-electron chi connectivity index (χ1n) is 7.16. The summed E-state index contributed by atoms with van der Waals surface area (Å²) >= 11 is 1.54. The van der Waals surface area contributed by atoms with Gasteiger partial charge in [0.2, 0.25) is 11.8 Å². The zero-order chi connectivity index (χ0) is 14.5. The molecule has 0 bridgehead atoms. The largest absolute Gasteiger partial charge is 0.345 e. The molecule has 1 aromatic heterocycles. The van der Waals surface area contributed by atoms with Gasteiger partial charge in [0, 0.05) is 24.5 Å². The van der Waals surface area contributed by atoms with E-state index in [4.69, 9.17) is 0 Å². The monoisotopic (exact) mass is 295 g/mol. The van der Waals surface area contributed by atoms with Crippen molar-refractivity contribution in [3.63, 3.8) is 0 Å². The standard InChI is InChI=1S/C14H21N3O2S/c1-3-10(14-15-7-9-20-14)16-13(19)11(4-2)17-8-5-6-12(17)18/h7,9-11H,3-6,8H2,1-2H3,(H,16,19)/t10-,11-/m1/s1. The molecule has 1 saturated heterocycles. The van der Waals surface area contributed by atoms with Gasteiger partial charge in [0.1, 0.15) is 11.0 Å². The number of amides is 2. The topological polar surface area (TPSA) is 62.3 Å². The molecular formula is C14H21N3O2S. The van der Waals surface area contributed by atoms with Gasteiger partial charge in [0.05, 0.1) is 6.04 Å². The van der Waals surface area contributed by atoms with Crippen LogP contribution >= 0.6 is 11.3 Å². The maximum atomic E-state index is 12.4. The van der Waals surface area contributed by atoms with Crippen LogP contribution in [0.4, 0.5) is 0 Å². The van der Waals surface area contributed by atoms with Crippen molar-refractivity contribution in [1.82, 2.24) is 15.2 Å². The first kappa shape index (κ1) is 15.0. The average molecular weight is 295 g/mol. The van der Waals surface area contributed by atoms with Gasteiger partial charge in [-0.3, -0.25) is 9.59 Å². The third-order valence-electron chi connectivity index (χ3n) is 3.65. The summed E-state index contributed by atoms with van der Waals surface area (Å²) in [5.41, 5.74) is 0. The highest BCUT2D eigenvalue weighted by molar-refractivity contribution is 7.09. The zero-order valence-corrected chi connectivity index (χ0v) is 12.8. The van der Waals surface area contributed by atoms with E-state index in [1.54, 1.807) is 22.4 Å². The number of hydrogen-bond donors (Lipinski definition) is 1. The molecule has 2 amide bonds. The molecule has 110 valence electrons. The Morgan fingerprint density at radius 3 is 2.80 bits per heavy atom. The molecule has 0 aromatic carbocycles. The van der Waals surface area contributed by atoms with Gasteiger partial charge in [-0.2, -0.15) is 0 Å². The zero-order valence-electron chi connectivity index (χ0n) is 12.0. The summed E-state index contributed by atoms with van der Waals surface area (Å²) in [6.07, 6.45) is 4.60. The van der Waals surface area contributed by atoms with Crippen molar-refractivity contribution in [2.24, 2.45) is 0 Å². The molecule has 2 rings (SSSR count). The minimum absolute atomic E-state index is 0.0609. The number of rotatable bonds is 6. The predicted octanol–water partition coefficient (Wildman–Crippen LogP) is 2.11. The van der Waals surface area contributed by atoms with Crippen LogP contribution in [-0.4, -0.2) is 34.3 Å². The van der Waals surface area contributed by atoms with E-state index in [0.717, 1.165) is 17.8 Å². The van der Waals surface area contributed by atoms with Crippen LogP contribution in [0.3, 0.4) is 0 Å². The van der Waals surface area contributed by atoms with Crippen LogP contribution < -0.4 is 5.32 Å². The Labute approximate surface area is 123 Å². The lowest BCUT2D eigenvalue weighted by Gasteiger charge is -2.27. The molecule has 6 heteroatoms. The molecule has 1 aromatic rings. The fraction of sp³-hybridized carbons (Fsp3) is 0.643. The molecule has 0 radical (unpaired) electrons. The molecule has 1 N–H and O–H groups in total. The number of aromatic nitrogens is 1. The van der Waals surface area contributed by atoms with Crippen LogP contribution in [0.25, 0.3) is 0 Å². The maximum absolute atomic E-state index is 12.4. The summed E-state index contributed by atoms with van der Waals surface area (Å²) in [4.78, 5) is 30.2. The van der Waals surface area contributed by atoms with Crippen molar-refractivity contribution < 1.29 is 9.59 Å². The Hall–Kier alpha value is -1.43. The maximum Gasteiger partial charge on any atom is 0.243 e. The average Bonchev–Trinajstić information content (AvgIpc) is 3.09. The van der Waals surface area contributed by atoms with Crippen LogP contribution in [0.2, 0.25) is 0 Å². The molecule has 2 atom stereocenters. The molecule has 1 aliphatic rings. The molecule has 0 saturated carbocycles. The van der Waals surface area contributed by atoms with Crippen LogP contribution in [0.1, 0.15) is 50.6 Å². The van der Waals surface area contributed by atoms with E-state index >= 15 is 0 Å². The quantitative estimate of drug-likeness (QED) is 0.874. The first-order chi connectivity index (χ1) is 9.67. The highest BCUT2D eigenvalue weighted by atomic mass is 32.1. The van der Waals surface area contributed by atoms with Gasteiger partial charge in [-0.15, -0.1) is 11.3 Å². The van der Waals surface area contributed by atoms with Crippen LogP contribution in [0.15, 0.2) is 11.6 Å². The highest BCUT2D eigenvalue weighted by Crippen LogP contribution is 2.21. The lowest BCUT2D eigenvalue weighted by Crippen LogP contribution is -2.48. The van der Waals surface area contributed by atoms with Gasteiger partial charge < -0.3 is 10.2 Å². The van der Waals surface area contributed by atoms with Crippen LogP contribution in [0, 0.1) is 0 Å². The Bertz CT molecular complexity index is 461. The van der Waals surface area contributed by atoms with Crippen LogP contribution in [-0.2, 0) is 9.59 Å². The summed E-state index contributed by atoms with van der Waals surface area (Å²) < 4.78 is 0. The van der Waals surface area contributed by atoms with E-state index in [1.807, 2.05) is 19.2 Å². The summed E-state index contributed by atoms with van der Waals surface area (Å²) in [7, 11) is 0. The minimum Gasteiger partial charge on any atom is -0.345 e. The summed E-state index contributed by atoms with van der Waals surface area (Å²) in [6.45, 7) is 4.66. The second-order valence-electron chi connectivity index (χ2n) is 4.95. The Balaban J connectivity index is 2.03. The second kappa shape index (κ2) is 6.83. The second-order valence-corrected chi connectivity index (χ2v) is 5.88. The SMILES string of the molecule is CC[C@H](C(=O)N[C@H](CC)c1nccs1)N1CCCC1=O. The van der Waals surface area contributed by atoms with Gasteiger partial charge in [-0.05, 0) is 19.3 Å². The van der Waals surface area contributed by atoms with Gasteiger partial charge in [0.25, 0.3) is 0 Å². The third-order valence-corrected chi connectivity index (χ3v) is 4.54. The lowest BCUT2D eigenvalue weighted by molar-refractivity contribution is -0.137. The van der Waals surface area contributed by atoms with E-state index in [2.05, 4.69) is 10.3 Å². The van der Waals surface area contributed by atoms with Gasteiger partial charge in [-0.1, -0.05) is 13.8 Å². The number of thiazole rings is 1. The summed E-state index contributed by atoms with van der Waals surface area (Å²) in [6, 6.07) is -0.409. The van der Waals surface area contributed by atoms with E-state index in [9.17, 15) is 9.59 Å². The highest BCUT2D eigenvalue weighted by Gasteiger charge is 2.32. The van der Waals surface area contributed by atoms with Gasteiger partial charge in [-0.25, -0.2) is 4.98 Å². The smallest absolute Gasteiger partial charge is 0.243 e. The van der Waals surface area contributed by atoms with Crippen molar-refractivity contribution >= 4 is 23.2 Å². The first-order valence-corrected chi connectivity index (χ1v) is 8.04. The van der Waals surface area contributed by atoms with Crippen molar-refractivity contribution in [2.45, 2.75) is 51.6 Å². The molecule has 1 aliphatic heterocycles.